The second kappa shape index (κ2) is 2.17. The highest BCUT2D eigenvalue weighted by Crippen LogP contribution is 2.64. The first-order valence-electron chi connectivity index (χ1n) is 5.95. The molecule has 2 nitrogen and oxygen atoms in total. The fraction of sp³-hybridized carbons (Fsp3) is 0.917. The van der Waals surface area contributed by atoms with Gasteiger partial charge < -0.3 is 4.74 Å². The van der Waals surface area contributed by atoms with Gasteiger partial charge in [-0.05, 0) is 49.9 Å². The molecule has 76 valence electrons. The van der Waals surface area contributed by atoms with Crippen LogP contribution in [0.4, 0.5) is 0 Å². The lowest BCUT2D eigenvalue weighted by Crippen LogP contribution is -2.53. The molecule has 1 aliphatic heterocycles. The number of esters is 1. The normalized spacial score (nSPS) is 58.7. The fourth-order valence-corrected chi connectivity index (χ4v) is 5.10. The van der Waals surface area contributed by atoms with Crippen molar-refractivity contribution in [2.45, 2.75) is 44.6 Å². The summed E-state index contributed by atoms with van der Waals surface area (Å²) in [6.07, 6.45) is 7.77. The van der Waals surface area contributed by atoms with Crippen molar-refractivity contribution in [1.29, 1.82) is 0 Å². The van der Waals surface area contributed by atoms with Gasteiger partial charge in [-0.3, -0.25) is 4.79 Å². The first kappa shape index (κ1) is 7.72. The van der Waals surface area contributed by atoms with Crippen LogP contribution in [0.5, 0.6) is 0 Å². The monoisotopic (exact) mass is 192 g/mol. The third-order valence-electron chi connectivity index (χ3n) is 5.12. The van der Waals surface area contributed by atoms with Crippen molar-refractivity contribution in [2.75, 3.05) is 0 Å². The van der Waals surface area contributed by atoms with Gasteiger partial charge in [0.2, 0.25) is 0 Å². The summed E-state index contributed by atoms with van der Waals surface area (Å²) in [5.41, 5.74) is 0.311. The zero-order chi connectivity index (χ0) is 9.34. The average Bonchev–Trinajstić information content (AvgIpc) is 2.40. The largest absolute Gasteiger partial charge is 0.461 e. The first-order valence-corrected chi connectivity index (χ1v) is 5.95. The van der Waals surface area contributed by atoms with Gasteiger partial charge >= 0.3 is 5.97 Å². The molecule has 4 aliphatic carbocycles. The SMILES string of the molecule is O=C1CC23C[C@@H]4CC(C[C@@H](C4)C2)[C@@H]3O1. The van der Waals surface area contributed by atoms with Crippen LogP contribution in [0.1, 0.15) is 38.5 Å². The summed E-state index contributed by atoms with van der Waals surface area (Å²) in [6, 6.07) is 0. The molecule has 0 radical (unpaired) electrons. The van der Waals surface area contributed by atoms with Crippen LogP contribution in [-0.2, 0) is 9.53 Å². The minimum absolute atomic E-state index is 0.0863. The Labute approximate surface area is 84.0 Å². The Morgan fingerprint density at radius 1 is 1.14 bits per heavy atom. The second-order valence-electron chi connectivity index (χ2n) is 6.06. The second-order valence-corrected chi connectivity index (χ2v) is 6.06. The van der Waals surface area contributed by atoms with E-state index >= 15 is 0 Å². The Balaban J connectivity index is 1.80. The molecule has 1 saturated heterocycles. The quantitative estimate of drug-likeness (QED) is 0.549. The van der Waals surface area contributed by atoms with Gasteiger partial charge in [-0.2, -0.15) is 0 Å². The molecule has 5 rings (SSSR count). The van der Waals surface area contributed by atoms with Crippen LogP contribution in [0.3, 0.4) is 0 Å². The van der Waals surface area contributed by atoms with E-state index in [9.17, 15) is 4.79 Å². The van der Waals surface area contributed by atoms with E-state index in [4.69, 9.17) is 4.74 Å². The highest BCUT2D eigenvalue weighted by Gasteiger charge is 2.62. The zero-order valence-corrected chi connectivity index (χ0v) is 8.37. The maximum Gasteiger partial charge on any atom is 0.306 e. The van der Waals surface area contributed by atoms with Crippen LogP contribution in [-0.4, -0.2) is 12.1 Å². The van der Waals surface area contributed by atoms with E-state index in [2.05, 4.69) is 0 Å². The van der Waals surface area contributed by atoms with Gasteiger partial charge in [0, 0.05) is 5.41 Å². The van der Waals surface area contributed by atoms with Crippen molar-refractivity contribution >= 4 is 5.97 Å². The molecule has 4 saturated carbocycles. The minimum Gasteiger partial charge on any atom is -0.461 e. The Hall–Kier alpha value is -0.530. The smallest absolute Gasteiger partial charge is 0.306 e. The Kier molecular flexibility index (Phi) is 1.20. The molecule has 14 heavy (non-hydrogen) atoms. The molecule has 0 aromatic carbocycles. The summed E-state index contributed by atoms with van der Waals surface area (Å²) in [5, 5.41) is 0. The van der Waals surface area contributed by atoms with Crippen LogP contribution in [0, 0.1) is 23.2 Å². The average molecular weight is 192 g/mol. The lowest BCUT2D eigenvalue weighted by molar-refractivity contribution is -0.156. The number of rotatable bonds is 0. The molecule has 5 aliphatic rings. The van der Waals surface area contributed by atoms with Crippen LogP contribution in [0.2, 0.25) is 0 Å². The van der Waals surface area contributed by atoms with Gasteiger partial charge in [0.15, 0.2) is 0 Å². The third-order valence-corrected chi connectivity index (χ3v) is 5.12. The van der Waals surface area contributed by atoms with Crippen LogP contribution in [0.15, 0.2) is 0 Å². The van der Waals surface area contributed by atoms with Gasteiger partial charge in [-0.1, -0.05) is 0 Å². The summed E-state index contributed by atoms with van der Waals surface area (Å²) in [6.45, 7) is 0. The molecule has 2 unspecified atom stereocenters. The molecule has 4 bridgehead atoms. The molecule has 1 heterocycles. The summed E-state index contributed by atoms with van der Waals surface area (Å²) in [4.78, 5) is 11.4. The van der Waals surface area contributed by atoms with Crippen molar-refractivity contribution in [1.82, 2.24) is 0 Å². The maximum absolute atomic E-state index is 11.4. The van der Waals surface area contributed by atoms with Crippen LogP contribution >= 0.6 is 0 Å². The van der Waals surface area contributed by atoms with Crippen molar-refractivity contribution in [2.24, 2.45) is 23.2 Å². The lowest BCUT2D eigenvalue weighted by Gasteiger charge is -2.57. The van der Waals surface area contributed by atoms with E-state index in [1.807, 2.05) is 0 Å². The predicted octanol–water partition coefficient (Wildman–Crippen LogP) is 2.13. The van der Waals surface area contributed by atoms with Crippen molar-refractivity contribution < 1.29 is 9.53 Å². The molecular weight excluding hydrogens is 176 g/mol. The van der Waals surface area contributed by atoms with Crippen LogP contribution < -0.4 is 0 Å². The van der Waals surface area contributed by atoms with E-state index in [0.717, 1.165) is 24.2 Å². The molecular formula is C12H16O2. The van der Waals surface area contributed by atoms with E-state index in [0.29, 0.717) is 11.5 Å². The number of carbonyl (C=O) groups excluding carboxylic acids is 1. The molecule has 5 atom stereocenters. The minimum atomic E-state index is 0.0863. The molecule has 0 aromatic rings. The van der Waals surface area contributed by atoms with E-state index < -0.39 is 0 Å². The van der Waals surface area contributed by atoms with E-state index in [1.165, 1.54) is 32.1 Å². The molecule has 0 amide bonds. The van der Waals surface area contributed by atoms with Crippen molar-refractivity contribution in [3.63, 3.8) is 0 Å². The maximum atomic E-state index is 11.4. The third kappa shape index (κ3) is 0.768. The highest BCUT2D eigenvalue weighted by molar-refractivity contribution is 5.73. The predicted molar refractivity (Wildman–Crippen MR) is 50.5 cm³/mol. The molecule has 2 heteroatoms. The highest BCUT2D eigenvalue weighted by atomic mass is 16.6. The Morgan fingerprint density at radius 2 is 1.86 bits per heavy atom. The summed E-state index contributed by atoms with van der Waals surface area (Å²) >= 11 is 0. The summed E-state index contributed by atoms with van der Waals surface area (Å²) in [5.74, 6) is 2.67. The summed E-state index contributed by atoms with van der Waals surface area (Å²) in [7, 11) is 0. The molecule has 1 spiro atoms. The van der Waals surface area contributed by atoms with E-state index in [1.54, 1.807) is 0 Å². The van der Waals surface area contributed by atoms with Gasteiger partial charge in [-0.15, -0.1) is 0 Å². The molecule has 0 N–H and O–H groups in total. The number of ether oxygens (including phenoxy) is 1. The van der Waals surface area contributed by atoms with Crippen molar-refractivity contribution in [3.05, 3.63) is 0 Å². The first-order chi connectivity index (χ1) is 6.75. The van der Waals surface area contributed by atoms with Crippen LogP contribution in [0.25, 0.3) is 0 Å². The fourth-order valence-electron chi connectivity index (χ4n) is 5.10. The molecule has 0 aromatic heterocycles. The Bertz CT molecular complexity index is 295. The topological polar surface area (TPSA) is 26.3 Å². The number of hydrogen-bond acceptors (Lipinski definition) is 2. The zero-order valence-electron chi connectivity index (χ0n) is 8.37. The number of hydrogen-bond donors (Lipinski definition) is 0. The van der Waals surface area contributed by atoms with Gasteiger partial charge in [0.25, 0.3) is 0 Å². The lowest BCUT2D eigenvalue weighted by atomic mass is 9.48. The summed E-state index contributed by atoms with van der Waals surface area (Å²) < 4.78 is 5.55. The number of carbonyl (C=O) groups is 1. The van der Waals surface area contributed by atoms with Gasteiger partial charge in [0.05, 0.1) is 6.42 Å². The Morgan fingerprint density at radius 3 is 2.57 bits per heavy atom. The van der Waals surface area contributed by atoms with Gasteiger partial charge in [0.1, 0.15) is 6.10 Å². The van der Waals surface area contributed by atoms with Crippen molar-refractivity contribution in [3.8, 4) is 0 Å². The van der Waals surface area contributed by atoms with Gasteiger partial charge in [-0.25, -0.2) is 0 Å². The standard InChI is InChI=1S/C12H16O2/c13-10-6-12-4-7-1-8(5-12)3-9(2-7)11(12)14-10/h7-9,11H,1-6H2/t7-,8+,9?,11-,12?/m0/s1. The van der Waals surface area contributed by atoms with E-state index in [-0.39, 0.29) is 5.97 Å². The molecule has 5 fully saturated rings.